The van der Waals surface area contributed by atoms with Crippen molar-refractivity contribution >= 4 is 16.0 Å². The highest BCUT2D eigenvalue weighted by molar-refractivity contribution is 7.89. The number of rotatable bonds is 6. The van der Waals surface area contributed by atoms with Crippen molar-refractivity contribution in [1.29, 1.82) is 0 Å². The first-order valence-electron chi connectivity index (χ1n) is 6.14. The zero-order chi connectivity index (χ0) is 15.3. The van der Waals surface area contributed by atoms with Crippen LogP contribution < -0.4 is 5.32 Å². The van der Waals surface area contributed by atoms with Crippen LogP contribution in [0.1, 0.15) is 15.9 Å². The summed E-state index contributed by atoms with van der Waals surface area (Å²) >= 11 is 0. The number of benzene rings is 1. The molecule has 0 fully saturated rings. The first-order chi connectivity index (χ1) is 9.34. The van der Waals surface area contributed by atoms with E-state index in [1.807, 2.05) is 0 Å². The molecule has 1 N–H and O–H groups in total. The van der Waals surface area contributed by atoms with Gasteiger partial charge in [0.1, 0.15) is 0 Å². The molecule has 0 unspecified atom stereocenters. The molecule has 0 radical (unpaired) electrons. The minimum Gasteiger partial charge on any atom is -0.465 e. The molecule has 1 rings (SSSR count). The third-order valence-electron chi connectivity index (χ3n) is 2.97. The molecule has 0 saturated heterocycles. The normalized spacial score (nSPS) is 11.7. The van der Waals surface area contributed by atoms with Crippen molar-refractivity contribution < 1.29 is 17.9 Å². The van der Waals surface area contributed by atoms with E-state index in [0.717, 1.165) is 0 Å². The molecule has 1 aromatic carbocycles. The van der Waals surface area contributed by atoms with E-state index in [4.69, 9.17) is 0 Å². The fraction of sp³-hybridized carbons (Fsp3) is 0.462. The van der Waals surface area contributed by atoms with Crippen LogP contribution in [0.25, 0.3) is 0 Å². The highest BCUT2D eigenvalue weighted by Gasteiger charge is 2.23. The minimum absolute atomic E-state index is 0.124. The van der Waals surface area contributed by atoms with Crippen molar-refractivity contribution in [2.45, 2.75) is 11.8 Å². The van der Waals surface area contributed by atoms with Gasteiger partial charge in [0, 0.05) is 20.1 Å². The number of hydrogen-bond donors (Lipinski definition) is 1. The third kappa shape index (κ3) is 3.56. The number of nitrogens with one attached hydrogen (secondary N) is 1. The average molecular weight is 300 g/mol. The fourth-order valence-electron chi connectivity index (χ4n) is 1.68. The van der Waals surface area contributed by atoms with Crippen LogP contribution in [-0.4, -0.2) is 53.0 Å². The molecule has 7 heteroatoms. The molecular formula is C13H20N2O4S. The summed E-state index contributed by atoms with van der Waals surface area (Å²) in [5.41, 5.74) is 0.813. The largest absolute Gasteiger partial charge is 0.465 e. The Kier molecular flexibility index (Phi) is 5.67. The zero-order valence-corrected chi connectivity index (χ0v) is 13.0. The van der Waals surface area contributed by atoms with Gasteiger partial charge in [-0.25, -0.2) is 13.2 Å². The smallest absolute Gasteiger partial charge is 0.337 e. The number of nitrogens with zero attached hydrogens (tertiary/aromatic N) is 1. The van der Waals surface area contributed by atoms with Crippen LogP contribution in [0.5, 0.6) is 0 Å². The van der Waals surface area contributed by atoms with Crippen LogP contribution in [0.3, 0.4) is 0 Å². The van der Waals surface area contributed by atoms with Gasteiger partial charge in [-0.15, -0.1) is 0 Å². The lowest BCUT2D eigenvalue weighted by Gasteiger charge is -2.18. The van der Waals surface area contributed by atoms with Crippen LogP contribution in [0, 0.1) is 6.92 Å². The molecule has 0 aliphatic rings. The number of likely N-dealkylation sites (N-methyl/N-ethyl adjacent to an activating group) is 2. The maximum atomic E-state index is 12.5. The monoisotopic (exact) mass is 300 g/mol. The summed E-state index contributed by atoms with van der Waals surface area (Å²) in [5, 5.41) is 2.90. The molecular weight excluding hydrogens is 280 g/mol. The van der Waals surface area contributed by atoms with Crippen LogP contribution in [0.4, 0.5) is 0 Å². The van der Waals surface area contributed by atoms with E-state index in [-0.39, 0.29) is 10.5 Å². The lowest BCUT2D eigenvalue weighted by Crippen LogP contribution is -2.33. The predicted molar refractivity (Wildman–Crippen MR) is 76.3 cm³/mol. The quantitative estimate of drug-likeness (QED) is 0.780. The Balaban J connectivity index is 3.20. The molecule has 0 spiro atoms. The summed E-state index contributed by atoms with van der Waals surface area (Å²) in [6.07, 6.45) is 0. The molecule has 0 saturated carbocycles. The first-order valence-corrected chi connectivity index (χ1v) is 7.58. The first kappa shape index (κ1) is 16.6. The van der Waals surface area contributed by atoms with E-state index < -0.39 is 16.0 Å². The Labute approximate surface area is 119 Å². The molecule has 112 valence electrons. The van der Waals surface area contributed by atoms with E-state index >= 15 is 0 Å². The Hall–Kier alpha value is -1.44. The number of sulfonamides is 1. The maximum absolute atomic E-state index is 12.5. The van der Waals surface area contributed by atoms with E-state index in [2.05, 4.69) is 10.1 Å². The zero-order valence-electron chi connectivity index (χ0n) is 12.1. The van der Waals surface area contributed by atoms with Crippen molar-refractivity contribution in [3.63, 3.8) is 0 Å². The highest BCUT2D eigenvalue weighted by atomic mass is 32.2. The summed E-state index contributed by atoms with van der Waals surface area (Å²) < 4.78 is 30.8. The van der Waals surface area contributed by atoms with Crippen LogP contribution in [0.2, 0.25) is 0 Å². The molecule has 0 aliphatic carbocycles. The molecule has 0 amide bonds. The topological polar surface area (TPSA) is 75.7 Å². The van der Waals surface area contributed by atoms with E-state index in [1.54, 1.807) is 26.1 Å². The summed E-state index contributed by atoms with van der Waals surface area (Å²) in [7, 11) is 0.903. The van der Waals surface area contributed by atoms with Gasteiger partial charge in [-0.2, -0.15) is 4.31 Å². The summed E-state index contributed by atoms with van der Waals surface area (Å²) in [5.74, 6) is -0.556. The maximum Gasteiger partial charge on any atom is 0.337 e. The third-order valence-corrected chi connectivity index (χ3v) is 4.97. The van der Waals surface area contributed by atoms with Crippen molar-refractivity contribution in [1.82, 2.24) is 9.62 Å². The second-order valence-corrected chi connectivity index (χ2v) is 6.42. The summed E-state index contributed by atoms with van der Waals surface area (Å²) in [4.78, 5) is 11.6. The van der Waals surface area contributed by atoms with Gasteiger partial charge in [0.15, 0.2) is 0 Å². The summed E-state index contributed by atoms with van der Waals surface area (Å²) in [6.45, 7) is 2.59. The molecule has 0 atom stereocenters. The van der Waals surface area contributed by atoms with Crippen LogP contribution >= 0.6 is 0 Å². The molecule has 0 heterocycles. The van der Waals surface area contributed by atoms with Crippen LogP contribution in [0.15, 0.2) is 23.1 Å². The van der Waals surface area contributed by atoms with Crippen molar-refractivity contribution in [3.05, 3.63) is 29.3 Å². The number of ether oxygens (including phenoxy) is 1. The van der Waals surface area contributed by atoms with Gasteiger partial charge in [0.2, 0.25) is 10.0 Å². The Morgan fingerprint density at radius 2 is 2.05 bits per heavy atom. The van der Waals surface area contributed by atoms with E-state index in [0.29, 0.717) is 18.7 Å². The van der Waals surface area contributed by atoms with Gasteiger partial charge in [0.25, 0.3) is 0 Å². The molecule has 6 nitrogen and oxygen atoms in total. The van der Waals surface area contributed by atoms with Gasteiger partial charge in [-0.05, 0) is 31.7 Å². The van der Waals surface area contributed by atoms with E-state index in [9.17, 15) is 13.2 Å². The molecule has 0 bridgehead atoms. The second-order valence-electron chi connectivity index (χ2n) is 4.40. The number of carbonyl (C=O) groups is 1. The van der Waals surface area contributed by atoms with Crippen molar-refractivity contribution in [2.24, 2.45) is 0 Å². The number of esters is 1. The number of carbonyl (C=O) groups excluding carboxylic acids is 1. The number of aryl methyl sites for hydroxylation is 1. The van der Waals surface area contributed by atoms with Gasteiger partial charge in [-0.1, -0.05) is 6.07 Å². The van der Waals surface area contributed by atoms with Crippen LogP contribution in [-0.2, 0) is 14.8 Å². The van der Waals surface area contributed by atoms with Gasteiger partial charge < -0.3 is 10.1 Å². The van der Waals surface area contributed by atoms with E-state index in [1.165, 1.54) is 24.5 Å². The molecule has 0 aromatic heterocycles. The SMILES string of the molecule is CNCCN(C)S(=O)(=O)c1cc(C(=O)OC)ccc1C. The predicted octanol–water partition coefficient (Wildman–Crippen LogP) is 0.622. The van der Waals surface area contributed by atoms with Gasteiger partial charge in [0.05, 0.1) is 17.6 Å². The van der Waals surface area contributed by atoms with Gasteiger partial charge in [-0.3, -0.25) is 0 Å². The Bertz CT molecular complexity index is 584. The average Bonchev–Trinajstić information content (AvgIpc) is 2.43. The Morgan fingerprint density at radius 3 is 2.60 bits per heavy atom. The van der Waals surface area contributed by atoms with Crippen molar-refractivity contribution in [3.8, 4) is 0 Å². The molecule has 1 aromatic rings. The van der Waals surface area contributed by atoms with Gasteiger partial charge >= 0.3 is 5.97 Å². The lowest BCUT2D eigenvalue weighted by molar-refractivity contribution is 0.0600. The summed E-state index contributed by atoms with van der Waals surface area (Å²) in [6, 6.07) is 4.51. The second kappa shape index (κ2) is 6.83. The lowest BCUT2D eigenvalue weighted by atomic mass is 10.1. The minimum atomic E-state index is -3.62. The number of hydrogen-bond acceptors (Lipinski definition) is 5. The molecule has 20 heavy (non-hydrogen) atoms. The molecule has 0 aliphatic heterocycles. The highest BCUT2D eigenvalue weighted by Crippen LogP contribution is 2.20. The standard InChI is InChI=1S/C13H20N2O4S/c1-10-5-6-11(13(16)19-4)9-12(10)20(17,18)15(3)8-7-14-2/h5-6,9,14H,7-8H2,1-4H3. The number of methoxy groups -OCH3 is 1. The fourth-order valence-corrected chi connectivity index (χ4v) is 3.10. The Morgan fingerprint density at radius 1 is 1.40 bits per heavy atom. The van der Waals surface area contributed by atoms with Crippen molar-refractivity contribution in [2.75, 3.05) is 34.3 Å².